The summed E-state index contributed by atoms with van der Waals surface area (Å²) in [6.07, 6.45) is 0. The van der Waals surface area contributed by atoms with Crippen molar-refractivity contribution < 1.29 is 19.0 Å². The molecule has 3 aromatic carbocycles. The first-order valence-electron chi connectivity index (χ1n) is 10.9. The van der Waals surface area contributed by atoms with Gasteiger partial charge < -0.3 is 24.8 Å². The van der Waals surface area contributed by atoms with Crippen molar-refractivity contribution in [3.05, 3.63) is 76.8 Å². The number of carbonyl (C=O) groups excluding carboxylic acids is 1. The van der Waals surface area contributed by atoms with Gasteiger partial charge in [0.1, 0.15) is 5.75 Å². The minimum atomic E-state index is -0.279. The van der Waals surface area contributed by atoms with Crippen LogP contribution in [0.2, 0.25) is 5.02 Å². The number of anilines is 2. The number of aryl methyl sites for hydroxylation is 1. The lowest BCUT2D eigenvalue weighted by Crippen LogP contribution is -2.20. The second kappa shape index (κ2) is 12.0. The minimum Gasteiger partial charge on any atom is -0.494 e. The summed E-state index contributed by atoms with van der Waals surface area (Å²) in [5.41, 5.74) is 3.59. The third-order valence-electron chi connectivity index (χ3n) is 4.78. The summed E-state index contributed by atoms with van der Waals surface area (Å²) in [6.45, 7) is 7.37. The van der Waals surface area contributed by atoms with E-state index in [0.717, 1.165) is 22.6 Å². The number of hydrogen-bond acceptors (Lipinski definition) is 5. The molecule has 0 bridgehead atoms. The summed E-state index contributed by atoms with van der Waals surface area (Å²) < 4.78 is 16.9. The van der Waals surface area contributed by atoms with Crippen LogP contribution in [0.15, 0.2) is 60.7 Å². The van der Waals surface area contributed by atoms with Crippen molar-refractivity contribution in [1.82, 2.24) is 0 Å². The van der Waals surface area contributed by atoms with Gasteiger partial charge in [-0.2, -0.15) is 0 Å². The van der Waals surface area contributed by atoms with Crippen LogP contribution in [0, 0.1) is 6.92 Å². The normalized spacial score (nSPS) is 10.4. The van der Waals surface area contributed by atoms with Crippen LogP contribution >= 0.6 is 11.6 Å². The predicted octanol–water partition coefficient (Wildman–Crippen LogP) is 6.08. The second-order valence-electron chi connectivity index (χ2n) is 7.33. The van der Waals surface area contributed by atoms with Crippen LogP contribution in [-0.4, -0.2) is 25.7 Å². The molecule has 0 saturated carbocycles. The lowest BCUT2D eigenvalue weighted by molar-refractivity contribution is -0.118. The lowest BCUT2D eigenvalue weighted by Gasteiger charge is -2.14. The Kier molecular flexibility index (Phi) is 8.84. The molecule has 2 N–H and O–H groups in total. The highest BCUT2D eigenvalue weighted by molar-refractivity contribution is 6.31. The molecule has 0 atom stereocenters. The molecular formula is C26H29ClN2O4. The molecule has 0 saturated heterocycles. The molecule has 0 heterocycles. The zero-order chi connectivity index (χ0) is 23.6. The zero-order valence-corrected chi connectivity index (χ0v) is 19.9. The molecule has 174 valence electrons. The fourth-order valence-electron chi connectivity index (χ4n) is 3.10. The quantitative estimate of drug-likeness (QED) is 0.357. The van der Waals surface area contributed by atoms with Crippen molar-refractivity contribution in [3.8, 4) is 17.2 Å². The van der Waals surface area contributed by atoms with Crippen LogP contribution < -0.4 is 24.8 Å². The van der Waals surface area contributed by atoms with Crippen molar-refractivity contribution >= 4 is 28.9 Å². The summed E-state index contributed by atoms with van der Waals surface area (Å²) >= 11 is 6.12. The fraction of sp³-hybridized carbons (Fsp3) is 0.269. The molecule has 0 aliphatic carbocycles. The van der Waals surface area contributed by atoms with Gasteiger partial charge in [0.25, 0.3) is 5.91 Å². The van der Waals surface area contributed by atoms with E-state index in [1.807, 2.05) is 69.3 Å². The molecule has 3 aromatic rings. The first kappa shape index (κ1) is 24.3. The van der Waals surface area contributed by atoms with Crippen molar-refractivity contribution in [2.75, 3.05) is 30.5 Å². The summed E-state index contributed by atoms with van der Waals surface area (Å²) in [5, 5.41) is 6.76. The van der Waals surface area contributed by atoms with Crippen molar-refractivity contribution in [3.63, 3.8) is 0 Å². The Morgan fingerprint density at radius 2 is 1.58 bits per heavy atom. The van der Waals surface area contributed by atoms with Gasteiger partial charge in [0.2, 0.25) is 0 Å². The standard InChI is InChI=1S/C26H29ClN2O4/c1-4-31-22-11-9-20(10-12-22)28-16-19-7-13-24(25(14-19)32-5-2)33-17-26(30)29-21-8-6-18(3)23(27)15-21/h6-15,28H,4-5,16-17H2,1-3H3,(H,29,30). The number of hydrogen-bond donors (Lipinski definition) is 2. The van der Waals surface area contributed by atoms with Gasteiger partial charge in [0, 0.05) is 22.9 Å². The highest BCUT2D eigenvalue weighted by atomic mass is 35.5. The topological polar surface area (TPSA) is 68.8 Å². The third-order valence-corrected chi connectivity index (χ3v) is 5.19. The summed E-state index contributed by atoms with van der Waals surface area (Å²) in [5.74, 6) is 1.67. The van der Waals surface area contributed by atoms with E-state index in [2.05, 4.69) is 10.6 Å². The molecule has 6 nitrogen and oxygen atoms in total. The summed E-state index contributed by atoms with van der Waals surface area (Å²) in [7, 11) is 0. The molecule has 0 fully saturated rings. The Labute approximate surface area is 199 Å². The maximum absolute atomic E-state index is 12.3. The monoisotopic (exact) mass is 468 g/mol. The number of ether oxygens (including phenoxy) is 3. The fourth-order valence-corrected chi connectivity index (χ4v) is 3.28. The molecule has 0 aliphatic rings. The van der Waals surface area contributed by atoms with Gasteiger partial charge in [-0.15, -0.1) is 0 Å². The number of rotatable bonds is 11. The Morgan fingerprint density at radius 1 is 0.848 bits per heavy atom. The average Bonchev–Trinajstić information content (AvgIpc) is 2.81. The predicted molar refractivity (Wildman–Crippen MR) is 133 cm³/mol. The Hall–Kier alpha value is -3.38. The van der Waals surface area contributed by atoms with Crippen LogP contribution in [0.4, 0.5) is 11.4 Å². The molecule has 3 rings (SSSR count). The molecule has 0 aliphatic heterocycles. The molecule has 0 unspecified atom stereocenters. The number of halogens is 1. The van der Waals surface area contributed by atoms with Crippen LogP contribution in [0.5, 0.6) is 17.2 Å². The van der Waals surface area contributed by atoms with E-state index in [4.69, 9.17) is 25.8 Å². The van der Waals surface area contributed by atoms with E-state index in [9.17, 15) is 4.79 Å². The first-order chi connectivity index (χ1) is 16.0. The lowest BCUT2D eigenvalue weighted by atomic mass is 10.2. The van der Waals surface area contributed by atoms with Crippen molar-refractivity contribution in [1.29, 1.82) is 0 Å². The molecule has 33 heavy (non-hydrogen) atoms. The van der Waals surface area contributed by atoms with Gasteiger partial charge in [0.15, 0.2) is 18.1 Å². The first-order valence-corrected chi connectivity index (χ1v) is 11.3. The molecule has 0 aromatic heterocycles. The minimum absolute atomic E-state index is 0.144. The van der Waals surface area contributed by atoms with Gasteiger partial charge in [-0.25, -0.2) is 0 Å². The van der Waals surface area contributed by atoms with Gasteiger partial charge >= 0.3 is 0 Å². The van der Waals surface area contributed by atoms with E-state index in [0.29, 0.717) is 42.0 Å². The Bertz CT molecular complexity index is 1070. The van der Waals surface area contributed by atoms with Gasteiger partial charge in [-0.05, 0) is 80.4 Å². The summed E-state index contributed by atoms with van der Waals surface area (Å²) in [6, 6.07) is 18.9. The Balaban J connectivity index is 1.58. The van der Waals surface area contributed by atoms with E-state index in [1.165, 1.54) is 0 Å². The van der Waals surface area contributed by atoms with Gasteiger partial charge in [-0.3, -0.25) is 4.79 Å². The van der Waals surface area contributed by atoms with Crippen LogP contribution in [-0.2, 0) is 11.3 Å². The SMILES string of the molecule is CCOc1ccc(NCc2ccc(OCC(=O)Nc3ccc(C)c(Cl)c3)c(OCC)c2)cc1. The summed E-state index contributed by atoms with van der Waals surface area (Å²) in [4.78, 5) is 12.3. The third kappa shape index (κ3) is 7.32. The van der Waals surface area contributed by atoms with Gasteiger partial charge in [-0.1, -0.05) is 23.7 Å². The number of nitrogens with one attached hydrogen (secondary N) is 2. The van der Waals surface area contributed by atoms with Crippen LogP contribution in [0.1, 0.15) is 25.0 Å². The number of benzene rings is 3. The molecule has 7 heteroatoms. The van der Waals surface area contributed by atoms with Gasteiger partial charge in [0.05, 0.1) is 13.2 Å². The maximum Gasteiger partial charge on any atom is 0.262 e. The maximum atomic E-state index is 12.3. The molecular weight excluding hydrogens is 440 g/mol. The van der Waals surface area contributed by atoms with E-state index in [1.54, 1.807) is 12.1 Å². The van der Waals surface area contributed by atoms with Crippen molar-refractivity contribution in [2.24, 2.45) is 0 Å². The molecule has 0 radical (unpaired) electrons. The van der Waals surface area contributed by atoms with E-state index in [-0.39, 0.29) is 12.5 Å². The van der Waals surface area contributed by atoms with Crippen LogP contribution in [0.25, 0.3) is 0 Å². The molecule has 1 amide bonds. The van der Waals surface area contributed by atoms with E-state index >= 15 is 0 Å². The highest BCUT2D eigenvalue weighted by Crippen LogP contribution is 2.29. The van der Waals surface area contributed by atoms with Crippen LogP contribution in [0.3, 0.4) is 0 Å². The smallest absolute Gasteiger partial charge is 0.262 e. The van der Waals surface area contributed by atoms with Crippen molar-refractivity contribution in [2.45, 2.75) is 27.3 Å². The zero-order valence-electron chi connectivity index (χ0n) is 19.1. The Morgan fingerprint density at radius 3 is 2.27 bits per heavy atom. The average molecular weight is 469 g/mol. The van der Waals surface area contributed by atoms with E-state index < -0.39 is 0 Å². The number of amides is 1. The second-order valence-corrected chi connectivity index (χ2v) is 7.73. The number of carbonyl (C=O) groups is 1. The molecule has 0 spiro atoms. The largest absolute Gasteiger partial charge is 0.494 e. The highest BCUT2D eigenvalue weighted by Gasteiger charge is 2.10.